The quantitative estimate of drug-likeness (QED) is 0.455. The van der Waals surface area contributed by atoms with Crippen molar-refractivity contribution in [2.45, 2.75) is 24.0 Å². The van der Waals surface area contributed by atoms with E-state index in [9.17, 15) is 4.79 Å². The molecular weight excluding hydrogens is 408 g/mol. The van der Waals surface area contributed by atoms with E-state index in [0.717, 1.165) is 10.9 Å². The van der Waals surface area contributed by atoms with Crippen LogP contribution in [-0.2, 0) is 10.1 Å². The van der Waals surface area contributed by atoms with Crippen molar-refractivity contribution >= 4 is 37.8 Å². The van der Waals surface area contributed by atoms with E-state index in [-0.39, 0.29) is 5.97 Å². The highest BCUT2D eigenvalue weighted by Crippen LogP contribution is 2.23. The molecule has 2 rings (SSSR count). The molecule has 0 aromatic heterocycles. The standard InChI is InChI=1S/C9H9BrO2.C9H11Br/c1-12-9(11)8-4-2-7(6-10)3-5-8;1-7-5-3-4-6-9(7)8(2)10/h2-5H,6H2,1H3;3-6,8H,1-2H3. The van der Waals surface area contributed by atoms with Crippen LogP contribution in [0.15, 0.2) is 48.5 Å². The predicted octanol–water partition coefficient (Wildman–Crippen LogP) is 5.82. The summed E-state index contributed by atoms with van der Waals surface area (Å²) in [6.07, 6.45) is 0. The van der Waals surface area contributed by atoms with Gasteiger partial charge in [0.05, 0.1) is 12.7 Å². The number of carbonyl (C=O) groups excluding carboxylic acids is 1. The monoisotopic (exact) mass is 426 g/mol. The second-order valence-electron chi connectivity index (χ2n) is 4.79. The normalized spacial score (nSPS) is 11.1. The van der Waals surface area contributed by atoms with Gasteiger partial charge in [-0.1, -0.05) is 68.3 Å². The van der Waals surface area contributed by atoms with Crippen molar-refractivity contribution in [2.24, 2.45) is 0 Å². The molecule has 0 radical (unpaired) electrons. The Morgan fingerprint density at radius 2 is 1.73 bits per heavy atom. The van der Waals surface area contributed by atoms with Gasteiger partial charge in [-0.25, -0.2) is 4.79 Å². The molecule has 0 spiro atoms. The fourth-order valence-electron chi connectivity index (χ4n) is 1.88. The minimum Gasteiger partial charge on any atom is -0.465 e. The van der Waals surface area contributed by atoms with Crippen LogP contribution in [0, 0.1) is 6.92 Å². The Bertz CT molecular complexity index is 592. The molecule has 1 atom stereocenters. The van der Waals surface area contributed by atoms with Gasteiger partial charge in [0.2, 0.25) is 0 Å². The van der Waals surface area contributed by atoms with Crippen LogP contribution in [0.25, 0.3) is 0 Å². The molecule has 0 bridgehead atoms. The second kappa shape index (κ2) is 9.80. The number of halogens is 2. The second-order valence-corrected chi connectivity index (χ2v) is 6.73. The Balaban J connectivity index is 0.000000224. The summed E-state index contributed by atoms with van der Waals surface area (Å²) in [4.78, 5) is 11.4. The molecule has 0 aliphatic rings. The van der Waals surface area contributed by atoms with Crippen LogP contribution >= 0.6 is 31.9 Å². The maximum atomic E-state index is 11.0. The van der Waals surface area contributed by atoms with Crippen molar-refractivity contribution < 1.29 is 9.53 Å². The highest BCUT2D eigenvalue weighted by atomic mass is 79.9. The number of hydrogen-bond acceptors (Lipinski definition) is 2. The molecule has 2 aromatic rings. The van der Waals surface area contributed by atoms with Crippen molar-refractivity contribution in [3.63, 3.8) is 0 Å². The fourth-order valence-corrected chi connectivity index (χ4v) is 2.77. The summed E-state index contributed by atoms with van der Waals surface area (Å²) in [5, 5.41) is 0.800. The van der Waals surface area contributed by atoms with Gasteiger partial charge >= 0.3 is 5.97 Å². The zero-order chi connectivity index (χ0) is 16.5. The van der Waals surface area contributed by atoms with Crippen LogP contribution < -0.4 is 0 Å². The first-order valence-electron chi connectivity index (χ1n) is 6.92. The number of rotatable bonds is 3. The molecule has 118 valence electrons. The summed E-state index contributed by atoms with van der Waals surface area (Å²) >= 11 is 6.85. The third-order valence-electron chi connectivity index (χ3n) is 3.15. The van der Waals surface area contributed by atoms with Crippen LogP contribution in [-0.4, -0.2) is 13.1 Å². The third kappa shape index (κ3) is 5.93. The molecule has 2 aromatic carbocycles. The lowest BCUT2D eigenvalue weighted by molar-refractivity contribution is 0.0600. The maximum absolute atomic E-state index is 11.0. The molecule has 22 heavy (non-hydrogen) atoms. The Morgan fingerprint density at radius 1 is 1.14 bits per heavy atom. The number of hydrogen-bond donors (Lipinski definition) is 0. The molecule has 4 heteroatoms. The van der Waals surface area contributed by atoms with E-state index >= 15 is 0 Å². The molecular formula is C18H20Br2O2. The van der Waals surface area contributed by atoms with Gasteiger partial charge in [-0.3, -0.25) is 0 Å². The summed E-state index contributed by atoms with van der Waals surface area (Å²) in [7, 11) is 1.38. The van der Waals surface area contributed by atoms with Crippen molar-refractivity contribution in [1.82, 2.24) is 0 Å². The predicted molar refractivity (Wildman–Crippen MR) is 98.9 cm³/mol. The lowest BCUT2D eigenvalue weighted by Crippen LogP contribution is -2.00. The average molecular weight is 428 g/mol. The summed E-state index contributed by atoms with van der Waals surface area (Å²) in [5.41, 5.74) is 4.46. The molecule has 1 unspecified atom stereocenters. The Kier molecular flexibility index (Phi) is 8.43. The molecule has 0 saturated carbocycles. The van der Waals surface area contributed by atoms with Gasteiger partial charge in [0.15, 0.2) is 0 Å². The number of alkyl halides is 2. The topological polar surface area (TPSA) is 26.3 Å². The summed E-state index contributed by atoms with van der Waals surface area (Å²) in [6.45, 7) is 4.27. The SMILES string of the molecule is COC(=O)c1ccc(CBr)cc1.Cc1ccccc1C(C)Br. The van der Waals surface area contributed by atoms with Crippen molar-refractivity contribution in [3.8, 4) is 0 Å². The largest absolute Gasteiger partial charge is 0.465 e. The Hall–Kier alpha value is -1.13. The van der Waals surface area contributed by atoms with Crippen LogP contribution in [0.3, 0.4) is 0 Å². The first-order valence-corrected chi connectivity index (χ1v) is 8.96. The van der Waals surface area contributed by atoms with Gasteiger partial charge < -0.3 is 4.74 Å². The summed E-state index contributed by atoms with van der Waals surface area (Å²) < 4.78 is 4.56. The highest BCUT2D eigenvalue weighted by molar-refractivity contribution is 9.09. The first kappa shape index (κ1) is 18.9. The highest BCUT2D eigenvalue weighted by Gasteiger charge is 2.03. The maximum Gasteiger partial charge on any atom is 0.337 e. The third-order valence-corrected chi connectivity index (χ3v) is 4.29. The van der Waals surface area contributed by atoms with E-state index in [0.29, 0.717) is 10.4 Å². The number of carbonyl (C=O) groups is 1. The average Bonchev–Trinajstić information content (AvgIpc) is 2.55. The van der Waals surface area contributed by atoms with E-state index in [4.69, 9.17) is 0 Å². The van der Waals surface area contributed by atoms with Gasteiger partial charge in [-0.2, -0.15) is 0 Å². The molecule has 0 amide bonds. The van der Waals surface area contributed by atoms with E-state index < -0.39 is 0 Å². The molecule has 2 nitrogen and oxygen atoms in total. The Morgan fingerprint density at radius 3 is 2.14 bits per heavy atom. The Labute approximate surface area is 149 Å². The smallest absolute Gasteiger partial charge is 0.337 e. The van der Waals surface area contributed by atoms with Crippen molar-refractivity contribution in [3.05, 3.63) is 70.8 Å². The van der Waals surface area contributed by atoms with E-state index in [2.05, 4.69) is 74.7 Å². The number of esters is 1. The molecule has 0 aliphatic carbocycles. The fraction of sp³-hybridized carbons (Fsp3) is 0.278. The number of benzene rings is 2. The molecule has 0 saturated heterocycles. The summed E-state index contributed by atoms with van der Waals surface area (Å²) in [6, 6.07) is 15.7. The van der Waals surface area contributed by atoms with Crippen LogP contribution in [0.4, 0.5) is 0 Å². The molecule has 0 fully saturated rings. The van der Waals surface area contributed by atoms with Crippen LogP contribution in [0.1, 0.15) is 38.8 Å². The minimum absolute atomic E-state index is 0.295. The molecule has 0 aliphatic heterocycles. The number of aryl methyl sites for hydroxylation is 1. The van der Waals surface area contributed by atoms with E-state index in [1.807, 2.05) is 12.1 Å². The van der Waals surface area contributed by atoms with E-state index in [1.54, 1.807) is 12.1 Å². The molecule has 0 N–H and O–H groups in total. The van der Waals surface area contributed by atoms with E-state index in [1.165, 1.54) is 18.2 Å². The lowest BCUT2D eigenvalue weighted by Gasteiger charge is -2.05. The van der Waals surface area contributed by atoms with Crippen LogP contribution in [0.2, 0.25) is 0 Å². The first-order chi connectivity index (χ1) is 10.5. The van der Waals surface area contributed by atoms with Gasteiger partial charge in [-0.15, -0.1) is 0 Å². The van der Waals surface area contributed by atoms with Crippen molar-refractivity contribution in [1.29, 1.82) is 0 Å². The minimum atomic E-state index is -0.295. The van der Waals surface area contributed by atoms with Gasteiger partial charge in [0, 0.05) is 10.2 Å². The zero-order valence-electron chi connectivity index (χ0n) is 13.0. The van der Waals surface area contributed by atoms with Gasteiger partial charge in [0.1, 0.15) is 0 Å². The van der Waals surface area contributed by atoms with Crippen molar-refractivity contribution in [2.75, 3.05) is 7.11 Å². The van der Waals surface area contributed by atoms with Gasteiger partial charge in [0.25, 0.3) is 0 Å². The molecule has 0 heterocycles. The summed E-state index contributed by atoms with van der Waals surface area (Å²) in [5.74, 6) is -0.295. The zero-order valence-corrected chi connectivity index (χ0v) is 16.1. The van der Waals surface area contributed by atoms with Gasteiger partial charge in [-0.05, 0) is 42.7 Å². The number of ether oxygens (including phenoxy) is 1. The van der Waals surface area contributed by atoms with Crippen LogP contribution in [0.5, 0.6) is 0 Å². The number of methoxy groups -OCH3 is 1. The lowest BCUT2D eigenvalue weighted by atomic mass is 10.1.